The zero-order valence-corrected chi connectivity index (χ0v) is 8.60. The Labute approximate surface area is 92.6 Å². The van der Waals surface area contributed by atoms with Crippen LogP contribution in [0.25, 0.3) is 28.4 Å². The molecule has 1 aliphatic carbocycles. The fourth-order valence-electron chi connectivity index (χ4n) is 2.31. The Morgan fingerprint density at radius 3 is 3.12 bits per heavy atom. The van der Waals surface area contributed by atoms with Gasteiger partial charge >= 0.3 is 0 Å². The van der Waals surface area contributed by atoms with E-state index in [1.54, 1.807) is 0 Å². The predicted octanol–water partition coefficient (Wildman–Crippen LogP) is 3.50. The molecule has 2 nitrogen and oxygen atoms in total. The summed E-state index contributed by atoms with van der Waals surface area (Å²) in [7, 11) is 0. The van der Waals surface area contributed by atoms with Gasteiger partial charge in [-0.05, 0) is 30.2 Å². The maximum Gasteiger partial charge on any atom is 0.227 e. The normalized spacial score (nSPS) is 13.8. The van der Waals surface area contributed by atoms with E-state index in [0.717, 1.165) is 29.2 Å². The van der Waals surface area contributed by atoms with Crippen LogP contribution in [0, 0.1) is 0 Å². The number of rotatable bonds is 0. The number of para-hydroxylation sites is 1. The van der Waals surface area contributed by atoms with Gasteiger partial charge in [0, 0.05) is 10.9 Å². The van der Waals surface area contributed by atoms with E-state index in [9.17, 15) is 0 Å². The molecule has 1 aromatic carbocycles. The van der Waals surface area contributed by atoms with Crippen molar-refractivity contribution >= 4 is 17.0 Å². The Morgan fingerprint density at radius 1 is 1.19 bits per heavy atom. The van der Waals surface area contributed by atoms with E-state index in [2.05, 4.69) is 23.2 Å². The third-order valence-corrected chi connectivity index (χ3v) is 3.10. The first-order valence-corrected chi connectivity index (χ1v) is 5.39. The van der Waals surface area contributed by atoms with E-state index in [-0.39, 0.29) is 0 Å². The van der Waals surface area contributed by atoms with Gasteiger partial charge in [-0.1, -0.05) is 24.3 Å². The molecule has 1 aromatic rings. The second-order valence-corrected chi connectivity index (χ2v) is 4.09. The van der Waals surface area contributed by atoms with Gasteiger partial charge in [0.25, 0.3) is 0 Å². The highest BCUT2D eigenvalue weighted by Gasteiger charge is 2.18. The van der Waals surface area contributed by atoms with Crippen molar-refractivity contribution < 1.29 is 4.42 Å². The maximum absolute atomic E-state index is 5.79. The molecule has 0 fully saturated rings. The SMILES string of the molecule is C1=Cc2oc3nc4ccccc4c-3cc2C1. The first kappa shape index (κ1) is 8.11. The van der Waals surface area contributed by atoms with E-state index in [1.165, 1.54) is 10.9 Å². The van der Waals surface area contributed by atoms with Crippen molar-refractivity contribution in [2.75, 3.05) is 0 Å². The molecule has 4 rings (SSSR count). The van der Waals surface area contributed by atoms with Crippen molar-refractivity contribution in [3.05, 3.63) is 47.7 Å². The van der Waals surface area contributed by atoms with Gasteiger partial charge in [-0.25, -0.2) is 4.98 Å². The molecule has 0 saturated heterocycles. The summed E-state index contributed by atoms with van der Waals surface area (Å²) in [5.41, 5.74) is 3.39. The van der Waals surface area contributed by atoms with Gasteiger partial charge in [-0.3, -0.25) is 0 Å². The molecule has 76 valence electrons. The molecule has 3 aliphatic rings. The summed E-state index contributed by atoms with van der Waals surface area (Å²) in [6.07, 6.45) is 5.11. The van der Waals surface area contributed by atoms with Gasteiger partial charge in [0.05, 0.1) is 5.52 Å². The Hall–Kier alpha value is -2.09. The van der Waals surface area contributed by atoms with Crippen LogP contribution in [-0.4, -0.2) is 4.98 Å². The third kappa shape index (κ3) is 0.936. The molecule has 0 aromatic heterocycles. The fourth-order valence-corrected chi connectivity index (χ4v) is 2.31. The van der Waals surface area contributed by atoms with Crippen LogP contribution in [-0.2, 0) is 6.42 Å². The topological polar surface area (TPSA) is 26.0 Å². The van der Waals surface area contributed by atoms with Crippen molar-refractivity contribution in [1.29, 1.82) is 0 Å². The molecular formula is C14H9NO. The summed E-state index contributed by atoms with van der Waals surface area (Å²) in [6.45, 7) is 0. The average molecular weight is 207 g/mol. The lowest BCUT2D eigenvalue weighted by Gasteiger charge is -2.02. The molecule has 0 unspecified atom stereocenters. The van der Waals surface area contributed by atoms with Gasteiger partial charge < -0.3 is 4.42 Å². The summed E-state index contributed by atoms with van der Waals surface area (Å²) in [5, 5.41) is 1.18. The molecule has 0 amide bonds. The van der Waals surface area contributed by atoms with Gasteiger partial charge in [-0.15, -0.1) is 0 Å². The Balaban J connectivity index is 2.18. The Bertz CT molecular complexity index is 693. The minimum atomic E-state index is 0.742. The fraction of sp³-hybridized carbons (Fsp3) is 0.0714. The maximum atomic E-state index is 5.79. The number of benzene rings is 1. The summed E-state index contributed by atoms with van der Waals surface area (Å²) in [4.78, 5) is 4.49. The highest BCUT2D eigenvalue weighted by atomic mass is 16.3. The third-order valence-electron chi connectivity index (χ3n) is 3.10. The molecule has 2 heteroatoms. The van der Waals surface area contributed by atoms with Gasteiger partial charge in [-0.2, -0.15) is 0 Å². The second-order valence-electron chi connectivity index (χ2n) is 4.09. The standard InChI is InChI=1S/C14H9NO/c1-2-6-12-10(5-1)11-8-9-4-3-7-13(9)16-14(11)15-12/h1-3,5-8H,4H2. The van der Waals surface area contributed by atoms with Crippen LogP contribution < -0.4 is 0 Å². The lowest BCUT2D eigenvalue weighted by molar-refractivity contribution is 0.539. The van der Waals surface area contributed by atoms with E-state index >= 15 is 0 Å². The second kappa shape index (κ2) is 2.73. The van der Waals surface area contributed by atoms with Crippen molar-refractivity contribution in [2.24, 2.45) is 0 Å². The van der Waals surface area contributed by atoms with Gasteiger partial charge in [0.15, 0.2) is 0 Å². The van der Waals surface area contributed by atoms with Crippen molar-refractivity contribution in [2.45, 2.75) is 6.42 Å². The Kier molecular flexibility index (Phi) is 1.38. The van der Waals surface area contributed by atoms with Gasteiger partial charge in [0.1, 0.15) is 5.76 Å². The number of allylic oxidation sites excluding steroid dienone is 1. The van der Waals surface area contributed by atoms with E-state index in [0.29, 0.717) is 0 Å². The van der Waals surface area contributed by atoms with E-state index in [4.69, 9.17) is 4.42 Å². The smallest absolute Gasteiger partial charge is 0.227 e. The number of hydrogen-bond acceptors (Lipinski definition) is 2. The number of hydrogen-bond donors (Lipinski definition) is 0. The molecular weight excluding hydrogens is 198 g/mol. The van der Waals surface area contributed by atoms with Crippen LogP contribution in [0.1, 0.15) is 11.3 Å². The first-order chi connectivity index (χ1) is 7.92. The van der Waals surface area contributed by atoms with Crippen LogP contribution in [0.3, 0.4) is 0 Å². The van der Waals surface area contributed by atoms with Crippen LogP contribution in [0.2, 0.25) is 0 Å². The quantitative estimate of drug-likeness (QED) is 0.563. The lowest BCUT2D eigenvalue weighted by atomic mass is 10.1. The number of aromatic nitrogens is 1. The predicted molar refractivity (Wildman–Crippen MR) is 63.4 cm³/mol. The lowest BCUT2D eigenvalue weighted by Crippen LogP contribution is -1.85. The zero-order chi connectivity index (χ0) is 10.5. The van der Waals surface area contributed by atoms with Crippen molar-refractivity contribution in [3.63, 3.8) is 0 Å². The molecule has 0 N–H and O–H groups in total. The van der Waals surface area contributed by atoms with E-state index < -0.39 is 0 Å². The molecule has 16 heavy (non-hydrogen) atoms. The van der Waals surface area contributed by atoms with Crippen LogP contribution >= 0.6 is 0 Å². The zero-order valence-electron chi connectivity index (χ0n) is 8.60. The molecule has 2 heterocycles. The van der Waals surface area contributed by atoms with Crippen molar-refractivity contribution in [3.8, 4) is 11.5 Å². The summed E-state index contributed by atoms with van der Waals surface area (Å²) < 4.78 is 5.79. The van der Waals surface area contributed by atoms with Crippen LogP contribution in [0.4, 0.5) is 0 Å². The molecule has 0 spiro atoms. The van der Waals surface area contributed by atoms with Crippen molar-refractivity contribution in [1.82, 2.24) is 4.98 Å². The summed E-state index contributed by atoms with van der Waals surface area (Å²) in [5.74, 6) is 1.70. The molecule has 0 saturated carbocycles. The van der Waals surface area contributed by atoms with Gasteiger partial charge in [0.2, 0.25) is 5.89 Å². The Morgan fingerprint density at radius 2 is 2.12 bits per heavy atom. The highest BCUT2D eigenvalue weighted by Crippen LogP contribution is 2.35. The largest absolute Gasteiger partial charge is 0.438 e. The van der Waals surface area contributed by atoms with Crippen LogP contribution in [0.5, 0.6) is 0 Å². The number of fused-ring (bicyclic) bond motifs is 4. The average Bonchev–Trinajstić information content (AvgIpc) is 2.88. The highest BCUT2D eigenvalue weighted by molar-refractivity contribution is 5.96. The first-order valence-electron chi connectivity index (χ1n) is 5.39. The summed E-state index contributed by atoms with van der Waals surface area (Å²) in [6, 6.07) is 10.3. The molecule has 0 radical (unpaired) electrons. The monoisotopic (exact) mass is 207 g/mol. The minimum Gasteiger partial charge on any atom is -0.438 e. The molecule has 2 aliphatic heterocycles. The number of nitrogens with zero attached hydrogens (tertiary/aromatic N) is 1. The molecule has 0 atom stereocenters. The summed E-state index contributed by atoms with van der Waals surface area (Å²) >= 11 is 0. The van der Waals surface area contributed by atoms with E-state index in [1.807, 2.05) is 24.3 Å². The molecule has 0 bridgehead atoms. The minimum absolute atomic E-state index is 0.742. The van der Waals surface area contributed by atoms with Crippen LogP contribution in [0.15, 0.2) is 40.8 Å².